The van der Waals surface area contributed by atoms with Crippen LogP contribution in [0.5, 0.6) is 5.75 Å². The van der Waals surface area contributed by atoms with E-state index >= 15 is 0 Å². The molecular weight excluding hydrogens is 772 g/mol. The fraction of sp³-hybridized carbons (Fsp3) is 0.0435. The first-order valence-corrected chi connectivity index (χ1v) is 20.0. The minimum Gasteiger partial charge on any atom is -0.489 e. The normalized spacial score (nSPS) is 11.6. The number of ether oxygens (including phenoxy) is 1. The zero-order chi connectivity index (χ0) is 39.4. The predicted molar refractivity (Wildman–Crippen MR) is 230 cm³/mol. The van der Waals surface area contributed by atoms with Crippen LogP contribution in [-0.2, 0) is 16.2 Å². The number of hydrogen-bond acceptors (Lipinski definition) is 7. The van der Waals surface area contributed by atoms with Gasteiger partial charge in [-0.05, 0) is 77.4 Å². The summed E-state index contributed by atoms with van der Waals surface area (Å²) >= 11 is 8.74. The van der Waals surface area contributed by atoms with Gasteiger partial charge in [0.1, 0.15) is 23.3 Å². The van der Waals surface area contributed by atoms with Crippen LogP contribution in [0.15, 0.2) is 180 Å². The van der Waals surface area contributed by atoms with Gasteiger partial charge in [-0.1, -0.05) is 121 Å². The van der Waals surface area contributed by atoms with Crippen molar-refractivity contribution in [1.29, 1.82) is 0 Å². The molecule has 11 heteroatoms. The van der Waals surface area contributed by atoms with Crippen molar-refractivity contribution in [1.82, 2.24) is 10.3 Å². The summed E-state index contributed by atoms with van der Waals surface area (Å²) in [6.07, 6.45) is 1.61. The molecule has 0 aliphatic carbocycles. The Morgan fingerprint density at radius 1 is 0.754 bits per heavy atom. The first kappa shape index (κ1) is 38.8. The first-order chi connectivity index (χ1) is 27.9. The van der Waals surface area contributed by atoms with Crippen molar-refractivity contribution >= 4 is 69.3 Å². The number of anilines is 2. The van der Waals surface area contributed by atoms with E-state index in [4.69, 9.17) is 16.3 Å². The Kier molecular flexibility index (Phi) is 12.9. The van der Waals surface area contributed by atoms with E-state index < -0.39 is 17.1 Å². The van der Waals surface area contributed by atoms with Crippen LogP contribution in [0.25, 0.3) is 17.3 Å². The number of benzene rings is 6. The van der Waals surface area contributed by atoms with Crippen LogP contribution in [-0.4, -0.2) is 22.7 Å². The van der Waals surface area contributed by atoms with Crippen LogP contribution in [0.1, 0.15) is 32.3 Å². The van der Waals surface area contributed by atoms with Gasteiger partial charge in [-0.25, -0.2) is 4.98 Å². The largest absolute Gasteiger partial charge is 0.489 e. The Labute approximate surface area is 343 Å². The van der Waals surface area contributed by atoms with E-state index in [0.717, 1.165) is 27.3 Å². The first-order valence-electron chi connectivity index (χ1n) is 17.9. The van der Waals surface area contributed by atoms with Gasteiger partial charge in [0.15, 0.2) is 5.13 Å². The number of nitrogens with zero attached hydrogens (tertiary/aromatic N) is 1. The van der Waals surface area contributed by atoms with Gasteiger partial charge in [-0.3, -0.25) is 14.4 Å². The second-order valence-corrected chi connectivity index (χ2v) is 15.1. The molecule has 0 saturated carbocycles. The monoisotopic (exact) mass is 806 g/mol. The van der Waals surface area contributed by atoms with E-state index in [1.165, 1.54) is 23.1 Å². The molecule has 282 valence electrons. The Morgan fingerprint density at radius 3 is 2.16 bits per heavy atom. The standard InChI is InChI=1S/C46H35ClN4O4S2/c47-36-23-21-33(22-24-36)41-30-56-46(50-41)51-45(54)42(34-13-6-2-7-14-34)57-39-18-10-17-37(28-39)48-44(53)40(49-43(52)35-15-8-3-9-16-35)27-31-19-25-38(26-20-31)55-29-32-11-4-1-5-12-32/h1-28,30,42H,29H2,(H,48,53)(H,49,52)(H,50,51,54)/b40-27-. The molecule has 0 fully saturated rings. The molecule has 8 nitrogen and oxygen atoms in total. The minimum absolute atomic E-state index is 0.0443. The number of halogens is 1. The highest BCUT2D eigenvalue weighted by Gasteiger charge is 2.24. The molecule has 57 heavy (non-hydrogen) atoms. The Bertz CT molecular complexity index is 2480. The fourth-order valence-corrected chi connectivity index (χ4v) is 7.58. The highest BCUT2D eigenvalue weighted by molar-refractivity contribution is 8.00. The number of nitrogens with one attached hydrogen (secondary N) is 3. The van der Waals surface area contributed by atoms with Gasteiger partial charge in [0.25, 0.3) is 11.8 Å². The van der Waals surface area contributed by atoms with Crippen molar-refractivity contribution in [2.75, 3.05) is 10.6 Å². The molecule has 3 N–H and O–H groups in total. The van der Waals surface area contributed by atoms with Gasteiger partial charge in [0.05, 0.1) is 5.69 Å². The minimum atomic E-state index is -0.639. The van der Waals surface area contributed by atoms with Crippen molar-refractivity contribution in [3.63, 3.8) is 0 Å². The second kappa shape index (κ2) is 18.9. The van der Waals surface area contributed by atoms with E-state index in [2.05, 4.69) is 20.9 Å². The molecule has 6 aromatic carbocycles. The lowest BCUT2D eigenvalue weighted by molar-refractivity contribution is -0.116. The molecule has 0 radical (unpaired) electrons. The maximum absolute atomic E-state index is 13.9. The topological polar surface area (TPSA) is 109 Å². The number of hydrogen-bond donors (Lipinski definition) is 3. The summed E-state index contributed by atoms with van der Waals surface area (Å²) in [6, 6.07) is 49.9. The maximum Gasteiger partial charge on any atom is 0.272 e. The zero-order valence-corrected chi connectivity index (χ0v) is 32.7. The summed E-state index contributed by atoms with van der Waals surface area (Å²) in [6.45, 7) is 0.419. The van der Waals surface area contributed by atoms with Crippen LogP contribution in [0.4, 0.5) is 10.8 Å². The molecule has 0 aliphatic heterocycles. The maximum atomic E-state index is 13.9. The van der Waals surface area contributed by atoms with Crippen molar-refractivity contribution < 1.29 is 19.1 Å². The molecule has 1 unspecified atom stereocenters. The molecule has 1 aromatic heterocycles. The lowest BCUT2D eigenvalue weighted by Gasteiger charge is -2.17. The number of thioether (sulfide) groups is 1. The van der Waals surface area contributed by atoms with E-state index in [1.807, 2.05) is 115 Å². The van der Waals surface area contributed by atoms with E-state index in [1.54, 1.807) is 60.7 Å². The van der Waals surface area contributed by atoms with Gasteiger partial charge in [0.2, 0.25) is 5.91 Å². The SMILES string of the molecule is O=C(Nc1cccc(SC(C(=O)Nc2nc(-c3ccc(Cl)cc3)cs2)c2ccccc2)c1)/C(=C/c1ccc(OCc2ccccc2)cc1)NC(=O)c1ccccc1. The average molecular weight is 807 g/mol. The molecule has 0 bridgehead atoms. The number of carbonyl (C=O) groups is 3. The second-order valence-electron chi connectivity index (χ2n) is 12.6. The summed E-state index contributed by atoms with van der Waals surface area (Å²) in [5.41, 5.74) is 5.09. The van der Waals surface area contributed by atoms with Gasteiger partial charge >= 0.3 is 0 Å². The van der Waals surface area contributed by atoms with Crippen molar-refractivity contribution in [2.24, 2.45) is 0 Å². The third kappa shape index (κ3) is 10.9. The highest BCUT2D eigenvalue weighted by atomic mass is 35.5. The van der Waals surface area contributed by atoms with Crippen LogP contribution >= 0.6 is 34.7 Å². The summed E-state index contributed by atoms with van der Waals surface area (Å²) in [5.74, 6) is -0.533. The molecule has 0 spiro atoms. The van der Waals surface area contributed by atoms with E-state index in [0.29, 0.717) is 39.3 Å². The van der Waals surface area contributed by atoms with Crippen LogP contribution in [0, 0.1) is 0 Å². The van der Waals surface area contributed by atoms with Crippen LogP contribution < -0.4 is 20.7 Å². The average Bonchev–Trinajstić information content (AvgIpc) is 3.72. The Morgan fingerprint density at radius 2 is 1.44 bits per heavy atom. The lowest BCUT2D eigenvalue weighted by atomic mass is 10.1. The Hall–Kier alpha value is -6.46. The molecule has 3 amide bonds. The van der Waals surface area contributed by atoms with Crippen LogP contribution in [0.3, 0.4) is 0 Å². The highest BCUT2D eigenvalue weighted by Crippen LogP contribution is 2.38. The number of rotatable bonds is 14. The fourth-order valence-electron chi connectivity index (χ4n) is 5.65. The van der Waals surface area contributed by atoms with Gasteiger partial charge in [-0.2, -0.15) is 0 Å². The predicted octanol–water partition coefficient (Wildman–Crippen LogP) is 10.9. The van der Waals surface area contributed by atoms with Gasteiger partial charge in [-0.15, -0.1) is 23.1 Å². The molecule has 0 saturated heterocycles. The lowest BCUT2D eigenvalue weighted by Crippen LogP contribution is -2.30. The molecule has 1 atom stereocenters. The quantitative estimate of drug-likeness (QED) is 0.0746. The van der Waals surface area contributed by atoms with Crippen molar-refractivity contribution in [3.05, 3.63) is 202 Å². The van der Waals surface area contributed by atoms with Gasteiger partial charge in [0, 0.05) is 32.1 Å². The van der Waals surface area contributed by atoms with Gasteiger partial charge < -0.3 is 20.7 Å². The third-order valence-electron chi connectivity index (χ3n) is 8.53. The van der Waals surface area contributed by atoms with Crippen molar-refractivity contribution in [3.8, 4) is 17.0 Å². The molecule has 1 heterocycles. The third-order valence-corrected chi connectivity index (χ3v) is 10.8. The molecule has 7 aromatic rings. The van der Waals surface area contributed by atoms with Crippen molar-refractivity contribution in [2.45, 2.75) is 16.8 Å². The summed E-state index contributed by atoms with van der Waals surface area (Å²) < 4.78 is 5.93. The summed E-state index contributed by atoms with van der Waals surface area (Å²) in [4.78, 5) is 46.4. The molecule has 0 aliphatic rings. The summed E-state index contributed by atoms with van der Waals surface area (Å²) in [7, 11) is 0. The van der Waals surface area contributed by atoms with E-state index in [-0.39, 0.29) is 11.6 Å². The molecular formula is C46H35ClN4O4S2. The zero-order valence-electron chi connectivity index (χ0n) is 30.3. The Balaban J connectivity index is 1.08. The summed E-state index contributed by atoms with van der Waals surface area (Å²) in [5, 5.41) is 11.1. The number of carbonyl (C=O) groups excluding carboxylic acids is 3. The van der Waals surface area contributed by atoms with Crippen LogP contribution in [0.2, 0.25) is 5.02 Å². The van der Waals surface area contributed by atoms with E-state index in [9.17, 15) is 14.4 Å². The number of amides is 3. The number of thiazole rings is 1. The number of aromatic nitrogens is 1. The smallest absolute Gasteiger partial charge is 0.272 e. The molecule has 7 rings (SSSR count).